The molecule has 0 atom stereocenters. The van der Waals surface area contributed by atoms with Crippen molar-refractivity contribution in [3.05, 3.63) is 35.4 Å². The number of hydrogen-bond donors (Lipinski definition) is 0. The first kappa shape index (κ1) is 10.4. The Bertz CT molecular complexity index is 491. The predicted molar refractivity (Wildman–Crippen MR) is 60.9 cm³/mol. The third-order valence-corrected chi connectivity index (χ3v) is 3.77. The average Bonchev–Trinajstić information content (AvgIpc) is 2.50. The highest BCUT2D eigenvalue weighted by Crippen LogP contribution is 2.35. The molecule has 1 aromatic carbocycles. The summed E-state index contributed by atoms with van der Waals surface area (Å²) in [6, 6.07) is 6.70. The number of Topliss-reactive ketones (excluding diaryl/α,β-unsaturated/α-hetero) is 3. The van der Waals surface area contributed by atoms with Crippen molar-refractivity contribution in [3.63, 3.8) is 0 Å². The van der Waals surface area contributed by atoms with Crippen LogP contribution in [-0.4, -0.2) is 17.3 Å². The van der Waals surface area contributed by atoms with Crippen LogP contribution < -0.4 is 0 Å². The van der Waals surface area contributed by atoms with Gasteiger partial charge in [-0.1, -0.05) is 30.7 Å². The molecule has 3 rings (SSSR count). The lowest BCUT2D eigenvalue weighted by Crippen LogP contribution is -2.34. The SMILES string of the molecule is O=C1c2ccccc2C(=O)C1C(=O)C1CCC1. The minimum absolute atomic E-state index is 0.0674. The third-order valence-electron chi connectivity index (χ3n) is 3.77. The fraction of sp³-hybridized carbons (Fsp3) is 0.357. The maximum atomic E-state index is 12.1. The second-order valence-electron chi connectivity index (χ2n) is 4.74. The van der Waals surface area contributed by atoms with Crippen LogP contribution in [0.5, 0.6) is 0 Å². The summed E-state index contributed by atoms with van der Waals surface area (Å²) < 4.78 is 0. The zero-order valence-corrected chi connectivity index (χ0v) is 9.31. The van der Waals surface area contributed by atoms with E-state index in [1.807, 2.05) is 0 Å². The molecule has 0 spiro atoms. The van der Waals surface area contributed by atoms with Gasteiger partial charge in [-0.25, -0.2) is 0 Å². The topological polar surface area (TPSA) is 51.2 Å². The molecule has 1 fully saturated rings. The van der Waals surface area contributed by atoms with E-state index in [4.69, 9.17) is 0 Å². The minimum Gasteiger partial charge on any atom is -0.298 e. The van der Waals surface area contributed by atoms with Gasteiger partial charge in [-0.05, 0) is 12.8 Å². The first-order valence-electron chi connectivity index (χ1n) is 5.91. The van der Waals surface area contributed by atoms with Crippen LogP contribution in [0.4, 0.5) is 0 Å². The number of ketones is 3. The molecule has 1 aromatic rings. The van der Waals surface area contributed by atoms with Crippen LogP contribution in [0.1, 0.15) is 40.0 Å². The highest BCUT2D eigenvalue weighted by molar-refractivity contribution is 6.35. The van der Waals surface area contributed by atoms with Gasteiger partial charge in [0.15, 0.2) is 17.3 Å². The lowest BCUT2D eigenvalue weighted by molar-refractivity contribution is -0.126. The Kier molecular flexibility index (Phi) is 2.21. The summed E-state index contributed by atoms with van der Waals surface area (Å²) in [7, 11) is 0. The summed E-state index contributed by atoms with van der Waals surface area (Å²) in [5, 5.41) is 0. The minimum atomic E-state index is -1.04. The van der Waals surface area contributed by atoms with Crippen molar-refractivity contribution in [1.29, 1.82) is 0 Å². The van der Waals surface area contributed by atoms with E-state index in [9.17, 15) is 14.4 Å². The van der Waals surface area contributed by atoms with Crippen molar-refractivity contribution < 1.29 is 14.4 Å². The highest BCUT2D eigenvalue weighted by Gasteiger charge is 2.45. The van der Waals surface area contributed by atoms with Crippen molar-refractivity contribution in [2.24, 2.45) is 11.8 Å². The van der Waals surface area contributed by atoms with E-state index in [0.29, 0.717) is 11.1 Å². The Balaban J connectivity index is 1.97. The van der Waals surface area contributed by atoms with E-state index in [-0.39, 0.29) is 23.3 Å². The van der Waals surface area contributed by atoms with Gasteiger partial charge in [0.1, 0.15) is 5.92 Å². The van der Waals surface area contributed by atoms with Crippen LogP contribution >= 0.6 is 0 Å². The first-order valence-corrected chi connectivity index (χ1v) is 5.91. The molecule has 0 unspecified atom stereocenters. The molecular formula is C14H12O3. The molecule has 1 saturated carbocycles. The Morgan fingerprint density at radius 2 is 1.53 bits per heavy atom. The van der Waals surface area contributed by atoms with Crippen LogP contribution in [0.3, 0.4) is 0 Å². The van der Waals surface area contributed by atoms with Gasteiger partial charge in [-0.2, -0.15) is 0 Å². The fourth-order valence-electron chi connectivity index (χ4n) is 2.53. The Labute approximate surface area is 98.8 Å². The standard InChI is InChI=1S/C14H12O3/c15-12(8-4-3-5-8)11-13(16)9-6-1-2-7-10(9)14(11)17/h1-2,6-8,11H,3-5H2. The number of benzene rings is 1. The third kappa shape index (κ3) is 1.38. The normalized spacial score (nSPS) is 20.2. The molecule has 2 aliphatic rings. The van der Waals surface area contributed by atoms with Crippen LogP contribution in [0.15, 0.2) is 24.3 Å². The molecule has 0 radical (unpaired) electrons. The maximum Gasteiger partial charge on any atom is 0.181 e. The molecule has 2 aliphatic carbocycles. The van der Waals surface area contributed by atoms with E-state index < -0.39 is 5.92 Å². The predicted octanol–water partition coefficient (Wildman–Crippen LogP) is 2.05. The van der Waals surface area contributed by atoms with Gasteiger partial charge >= 0.3 is 0 Å². The zero-order valence-electron chi connectivity index (χ0n) is 9.31. The molecule has 0 saturated heterocycles. The smallest absolute Gasteiger partial charge is 0.181 e. The Hall–Kier alpha value is -1.77. The van der Waals surface area contributed by atoms with Crippen LogP contribution in [0.2, 0.25) is 0 Å². The highest BCUT2D eigenvalue weighted by atomic mass is 16.2. The molecule has 0 amide bonds. The second kappa shape index (κ2) is 3.62. The summed E-state index contributed by atoms with van der Waals surface area (Å²) in [5.41, 5.74) is 0.824. The summed E-state index contributed by atoms with van der Waals surface area (Å²) >= 11 is 0. The molecule has 0 bridgehead atoms. The van der Waals surface area contributed by atoms with Crippen molar-refractivity contribution >= 4 is 17.3 Å². The lowest BCUT2D eigenvalue weighted by atomic mass is 9.76. The quantitative estimate of drug-likeness (QED) is 0.728. The number of fused-ring (bicyclic) bond motifs is 1. The number of carbonyl (C=O) groups excluding carboxylic acids is 3. The molecule has 0 N–H and O–H groups in total. The van der Waals surface area contributed by atoms with Gasteiger partial charge in [-0.3, -0.25) is 14.4 Å². The molecule has 0 aromatic heterocycles. The molecule has 0 aliphatic heterocycles. The largest absolute Gasteiger partial charge is 0.298 e. The molecule has 17 heavy (non-hydrogen) atoms. The fourth-order valence-corrected chi connectivity index (χ4v) is 2.53. The van der Waals surface area contributed by atoms with Crippen LogP contribution in [0.25, 0.3) is 0 Å². The Morgan fingerprint density at radius 3 is 1.94 bits per heavy atom. The van der Waals surface area contributed by atoms with Gasteiger partial charge < -0.3 is 0 Å². The van der Waals surface area contributed by atoms with E-state index >= 15 is 0 Å². The van der Waals surface area contributed by atoms with E-state index in [2.05, 4.69) is 0 Å². The van der Waals surface area contributed by atoms with Gasteiger partial charge in [0.2, 0.25) is 0 Å². The lowest BCUT2D eigenvalue weighted by Gasteiger charge is -2.25. The molecular weight excluding hydrogens is 216 g/mol. The summed E-state index contributed by atoms with van der Waals surface area (Å²) in [4.78, 5) is 36.2. The molecule has 0 heterocycles. The van der Waals surface area contributed by atoms with Crippen molar-refractivity contribution in [2.45, 2.75) is 19.3 Å². The average molecular weight is 228 g/mol. The summed E-state index contributed by atoms with van der Waals surface area (Å²) in [6.07, 6.45) is 2.68. The first-order chi connectivity index (χ1) is 8.20. The van der Waals surface area contributed by atoms with Crippen molar-refractivity contribution in [2.75, 3.05) is 0 Å². The summed E-state index contributed by atoms with van der Waals surface area (Å²) in [6.45, 7) is 0. The molecule has 86 valence electrons. The monoisotopic (exact) mass is 228 g/mol. The van der Waals surface area contributed by atoms with E-state index in [1.54, 1.807) is 24.3 Å². The van der Waals surface area contributed by atoms with Crippen LogP contribution in [-0.2, 0) is 4.79 Å². The van der Waals surface area contributed by atoms with Crippen molar-refractivity contribution in [3.8, 4) is 0 Å². The van der Waals surface area contributed by atoms with Gasteiger partial charge in [0.25, 0.3) is 0 Å². The van der Waals surface area contributed by atoms with Gasteiger partial charge in [-0.15, -0.1) is 0 Å². The Morgan fingerprint density at radius 1 is 1.00 bits per heavy atom. The van der Waals surface area contributed by atoms with Gasteiger partial charge in [0, 0.05) is 17.0 Å². The van der Waals surface area contributed by atoms with E-state index in [0.717, 1.165) is 19.3 Å². The zero-order chi connectivity index (χ0) is 12.0. The van der Waals surface area contributed by atoms with Crippen molar-refractivity contribution in [1.82, 2.24) is 0 Å². The van der Waals surface area contributed by atoms with Gasteiger partial charge in [0.05, 0.1) is 0 Å². The molecule has 3 heteroatoms. The number of rotatable bonds is 2. The maximum absolute atomic E-state index is 12.1. The van der Waals surface area contributed by atoms with Crippen LogP contribution in [0, 0.1) is 11.8 Å². The van der Waals surface area contributed by atoms with E-state index in [1.165, 1.54) is 0 Å². The second-order valence-corrected chi connectivity index (χ2v) is 4.74. The number of carbonyl (C=O) groups is 3. The molecule has 3 nitrogen and oxygen atoms in total. The number of hydrogen-bond acceptors (Lipinski definition) is 3. The summed E-state index contributed by atoms with van der Waals surface area (Å²) in [5.74, 6) is -1.88.